The van der Waals surface area contributed by atoms with Gasteiger partial charge in [-0.05, 0) is 51.2 Å². The Morgan fingerprint density at radius 2 is 2.29 bits per heavy atom. The lowest BCUT2D eigenvalue weighted by molar-refractivity contribution is 0.129. The Morgan fingerprint density at radius 3 is 2.90 bits per heavy atom. The number of rotatable bonds is 5. The van der Waals surface area contributed by atoms with Crippen LogP contribution in [-0.4, -0.2) is 56.0 Å². The van der Waals surface area contributed by atoms with Crippen molar-refractivity contribution in [2.75, 3.05) is 34.3 Å². The molecule has 1 aliphatic rings. The van der Waals surface area contributed by atoms with Crippen LogP contribution in [0.3, 0.4) is 0 Å². The highest BCUT2D eigenvalue weighted by molar-refractivity contribution is 5.97. The number of ether oxygens (including phenoxy) is 1. The molecule has 116 valence electrons. The second-order valence-corrected chi connectivity index (χ2v) is 5.92. The molecular formula is C16H26N4O. The predicted octanol–water partition coefficient (Wildman–Crippen LogP) is 1.51. The third-order valence-corrected chi connectivity index (χ3v) is 4.21. The van der Waals surface area contributed by atoms with Gasteiger partial charge in [-0.2, -0.15) is 0 Å². The highest BCUT2D eigenvalue weighted by Gasteiger charge is 2.21. The van der Waals surface area contributed by atoms with E-state index in [1.54, 1.807) is 7.11 Å². The number of nitrogen functional groups attached to an aromatic ring is 1. The SMILES string of the molecule is COc1ccc(CN(C)C2CCCN(C)C2)cc1C(=N)N. The lowest BCUT2D eigenvalue weighted by atomic mass is 10.0. The second-order valence-electron chi connectivity index (χ2n) is 5.92. The van der Waals surface area contributed by atoms with Crippen molar-refractivity contribution in [3.63, 3.8) is 0 Å². The molecule has 1 aliphatic heterocycles. The van der Waals surface area contributed by atoms with Gasteiger partial charge in [0.15, 0.2) is 0 Å². The minimum Gasteiger partial charge on any atom is -0.496 e. The zero-order valence-electron chi connectivity index (χ0n) is 13.2. The van der Waals surface area contributed by atoms with Gasteiger partial charge in [0.05, 0.1) is 12.7 Å². The van der Waals surface area contributed by atoms with Gasteiger partial charge in [0, 0.05) is 19.1 Å². The van der Waals surface area contributed by atoms with Crippen molar-refractivity contribution in [2.45, 2.75) is 25.4 Å². The van der Waals surface area contributed by atoms with E-state index in [4.69, 9.17) is 15.9 Å². The molecule has 1 atom stereocenters. The molecule has 1 saturated heterocycles. The Hall–Kier alpha value is -1.59. The largest absolute Gasteiger partial charge is 0.496 e. The van der Waals surface area contributed by atoms with E-state index in [9.17, 15) is 0 Å². The molecule has 1 heterocycles. The Kier molecular flexibility index (Phi) is 5.20. The van der Waals surface area contributed by atoms with Crippen LogP contribution >= 0.6 is 0 Å². The van der Waals surface area contributed by atoms with Gasteiger partial charge in [-0.3, -0.25) is 10.3 Å². The fraction of sp³-hybridized carbons (Fsp3) is 0.562. The molecule has 1 fully saturated rings. The number of hydrogen-bond acceptors (Lipinski definition) is 4. The third kappa shape index (κ3) is 3.95. The quantitative estimate of drug-likeness (QED) is 0.637. The molecule has 1 aromatic rings. The zero-order valence-corrected chi connectivity index (χ0v) is 13.2. The molecule has 0 aromatic heterocycles. The van der Waals surface area contributed by atoms with Crippen LogP contribution in [0.5, 0.6) is 5.75 Å². The van der Waals surface area contributed by atoms with Crippen LogP contribution in [0.25, 0.3) is 0 Å². The van der Waals surface area contributed by atoms with Crippen LogP contribution in [0, 0.1) is 5.41 Å². The molecule has 5 heteroatoms. The summed E-state index contributed by atoms with van der Waals surface area (Å²) in [6.45, 7) is 3.18. The average molecular weight is 290 g/mol. The monoisotopic (exact) mass is 290 g/mol. The summed E-state index contributed by atoms with van der Waals surface area (Å²) >= 11 is 0. The summed E-state index contributed by atoms with van der Waals surface area (Å²) in [6, 6.07) is 6.50. The van der Waals surface area contributed by atoms with Gasteiger partial charge in [0.1, 0.15) is 11.6 Å². The molecule has 5 nitrogen and oxygen atoms in total. The van der Waals surface area contributed by atoms with Crippen molar-refractivity contribution in [3.05, 3.63) is 29.3 Å². The first-order valence-electron chi connectivity index (χ1n) is 7.41. The smallest absolute Gasteiger partial charge is 0.129 e. The van der Waals surface area contributed by atoms with Gasteiger partial charge < -0.3 is 15.4 Å². The summed E-state index contributed by atoms with van der Waals surface area (Å²) in [5.41, 5.74) is 7.47. The Morgan fingerprint density at radius 1 is 1.52 bits per heavy atom. The number of likely N-dealkylation sites (N-methyl/N-ethyl adjacent to an activating group) is 2. The van der Waals surface area contributed by atoms with Crippen molar-refractivity contribution in [1.29, 1.82) is 5.41 Å². The predicted molar refractivity (Wildman–Crippen MR) is 86.0 cm³/mol. The van der Waals surface area contributed by atoms with Gasteiger partial charge in [0.25, 0.3) is 0 Å². The summed E-state index contributed by atoms with van der Waals surface area (Å²) in [5.74, 6) is 0.708. The number of likely N-dealkylation sites (tertiary alicyclic amines) is 1. The third-order valence-electron chi connectivity index (χ3n) is 4.21. The zero-order chi connectivity index (χ0) is 15.4. The maximum Gasteiger partial charge on any atom is 0.129 e. The number of hydrogen-bond donors (Lipinski definition) is 2. The van der Waals surface area contributed by atoms with Crippen molar-refractivity contribution in [1.82, 2.24) is 9.80 Å². The molecule has 0 saturated carbocycles. The summed E-state index contributed by atoms with van der Waals surface area (Å²) in [5, 5.41) is 7.66. The van der Waals surface area contributed by atoms with E-state index in [0.29, 0.717) is 17.4 Å². The fourth-order valence-corrected chi connectivity index (χ4v) is 2.98. The minimum atomic E-state index is 0.0498. The number of nitrogens with one attached hydrogen (secondary N) is 1. The van der Waals surface area contributed by atoms with Gasteiger partial charge >= 0.3 is 0 Å². The average Bonchev–Trinajstić information content (AvgIpc) is 2.47. The summed E-state index contributed by atoms with van der Waals surface area (Å²) in [6.07, 6.45) is 2.50. The van der Waals surface area contributed by atoms with Crippen LogP contribution in [0.1, 0.15) is 24.0 Å². The maximum absolute atomic E-state index is 7.66. The van der Waals surface area contributed by atoms with E-state index >= 15 is 0 Å². The highest BCUT2D eigenvalue weighted by atomic mass is 16.5. The number of nitrogens with zero attached hydrogens (tertiary/aromatic N) is 2. The van der Waals surface area contributed by atoms with Gasteiger partial charge in [-0.25, -0.2) is 0 Å². The first kappa shape index (κ1) is 15.8. The maximum atomic E-state index is 7.66. The molecule has 0 amide bonds. The first-order chi connectivity index (χ1) is 10.0. The van der Waals surface area contributed by atoms with Gasteiger partial charge in [-0.1, -0.05) is 6.07 Å². The Labute approximate surface area is 127 Å². The molecule has 0 bridgehead atoms. The Bertz CT molecular complexity index is 503. The lowest BCUT2D eigenvalue weighted by Gasteiger charge is -2.36. The summed E-state index contributed by atoms with van der Waals surface area (Å²) < 4.78 is 5.26. The topological polar surface area (TPSA) is 65.6 Å². The van der Waals surface area contributed by atoms with Gasteiger partial charge in [0.2, 0.25) is 0 Å². The van der Waals surface area contributed by atoms with E-state index in [-0.39, 0.29) is 5.84 Å². The highest BCUT2D eigenvalue weighted by Crippen LogP contribution is 2.21. The molecule has 0 aliphatic carbocycles. The van der Waals surface area contributed by atoms with Crippen LogP contribution in [0.15, 0.2) is 18.2 Å². The summed E-state index contributed by atoms with van der Waals surface area (Å²) in [4.78, 5) is 4.78. The second kappa shape index (κ2) is 6.91. The molecule has 0 radical (unpaired) electrons. The molecule has 0 spiro atoms. The molecule has 2 rings (SSSR count). The number of nitrogens with two attached hydrogens (primary N) is 1. The molecule has 1 aromatic carbocycles. The summed E-state index contributed by atoms with van der Waals surface area (Å²) in [7, 11) is 5.95. The van der Waals surface area contributed by atoms with E-state index in [2.05, 4.69) is 23.9 Å². The van der Waals surface area contributed by atoms with E-state index in [1.165, 1.54) is 19.4 Å². The lowest BCUT2D eigenvalue weighted by Crippen LogP contribution is -2.44. The number of methoxy groups -OCH3 is 1. The standard InChI is InChI=1S/C16H26N4O/c1-19-8-4-5-13(11-19)20(2)10-12-6-7-15(21-3)14(9-12)16(17)18/h6-7,9,13H,4-5,8,10-11H2,1-3H3,(H3,17,18). The minimum absolute atomic E-state index is 0.0498. The Balaban J connectivity index is 2.08. The van der Waals surface area contributed by atoms with Crippen molar-refractivity contribution in [3.8, 4) is 5.75 Å². The van der Waals surface area contributed by atoms with E-state index in [1.807, 2.05) is 18.2 Å². The van der Waals surface area contributed by atoms with Crippen molar-refractivity contribution in [2.24, 2.45) is 5.73 Å². The molecular weight excluding hydrogens is 264 g/mol. The normalized spacial score (nSPS) is 19.7. The fourth-order valence-electron chi connectivity index (χ4n) is 2.98. The molecule has 1 unspecified atom stereocenters. The molecule has 21 heavy (non-hydrogen) atoms. The van der Waals surface area contributed by atoms with Crippen LogP contribution in [-0.2, 0) is 6.54 Å². The van der Waals surface area contributed by atoms with E-state index < -0.39 is 0 Å². The number of benzene rings is 1. The van der Waals surface area contributed by atoms with Gasteiger partial charge in [-0.15, -0.1) is 0 Å². The first-order valence-corrected chi connectivity index (χ1v) is 7.41. The van der Waals surface area contributed by atoms with Crippen molar-refractivity contribution < 1.29 is 4.74 Å². The van der Waals surface area contributed by atoms with Crippen LogP contribution in [0.4, 0.5) is 0 Å². The van der Waals surface area contributed by atoms with Crippen molar-refractivity contribution >= 4 is 5.84 Å². The van der Waals surface area contributed by atoms with Crippen LogP contribution < -0.4 is 10.5 Å². The number of amidine groups is 1. The number of piperidine rings is 1. The van der Waals surface area contributed by atoms with Crippen LogP contribution in [0.2, 0.25) is 0 Å². The van der Waals surface area contributed by atoms with E-state index in [0.717, 1.165) is 18.7 Å². The molecule has 3 N–H and O–H groups in total.